The summed E-state index contributed by atoms with van der Waals surface area (Å²) in [5.74, 6) is -2.42. The first kappa shape index (κ1) is 31.9. The molecule has 7 nitrogen and oxygen atoms in total. The minimum absolute atomic E-state index is 0.127. The molecular formula is C27H32ClF4N3O4S2. The third kappa shape index (κ3) is 8.28. The number of benzene rings is 2. The SMILES string of the molecule is C[C@]1(C(=O)NS(=O)(=O)c2cc(F)c(N[C@H](CCN3CC(C(F)F)C3)CSc3ccc(F)cc3)c(Cl)c2)CCCCO1. The number of anilines is 1. The van der Waals surface area contributed by atoms with Gasteiger partial charge in [0.05, 0.1) is 15.6 Å². The molecule has 2 atom stereocenters. The van der Waals surface area contributed by atoms with Gasteiger partial charge in [-0.15, -0.1) is 11.8 Å². The number of nitrogens with zero attached hydrogens (tertiary/aromatic N) is 1. The standard InChI is InChI=1S/C27H32ClF4N3O4S2/c1-27(9-2-3-11-39-27)26(36)34-41(37,38)21-12-22(28)24(23(30)13-21)33-19(8-10-35-14-17(15-35)25(31)32)16-40-20-6-4-18(29)5-7-20/h4-7,12-13,17,19,25,33H,2-3,8-11,14-16H2,1H3,(H,34,36)/t19-,27-/m1/s1. The molecule has 1 amide bonds. The second-order valence-corrected chi connectivity index (χ2v) is 13.7. The molecule has 0 aromatic heterocycles. The third-order valence-corrected chi connectivity index (χ3v) is 10.0. The van der Waals surface area contributed by atoms with Gasteiger partial charge >= 0.3 is 0 Å². The van der Waals surface area contributed by atoms with Gasteiger partial charge in [-0.2, -0.15) is 0 Å². The predicted molar refractivity (Wildman–Crippen MR) is 150 cm³/mol. The van der Waals surface area contributed by atoms with E-state index in [9.17, 15) is 26.4 Å². The Hall–Kier alpha value is -2.06. The summed E-state index contributed by atoms with van der Waals surface area (Å²) in [6.07, 6.45) is -0.100. The lowest BCUT2D eigenvalue weighted by molar-refractivity contribution is -0.148. The lowest BCUT2D eigenvalue weighted by atomic mass is 9.95. The van der Waals surface area contributed by atoms with Crippen LogP contribution in [-0.2, 0) is 19.6 Å². The maximum Gasteiger partial charge on any atom is 0.265 e. The van der Waals surface area contributed by atoms with E-state index >= 15 is 4.39 Å². The molecule has 2 aromatic rings. The average Bonchev–Trinajstić information content (AvgIpc) is 2.88. The number of amides is 1. The van der Waals surface area contributed by atoms with Crippen molar-refractivity contribution in [1.29, 1.82) is 0 Å². The molecule has 2 heterocycles. The number of hydrogen-bond donors (Lipinski definition) is 2. The third-order valence-electron chi connectivity index (χ3n) is 7.25. The number of rotatable bonds is 12. The molecule has 226 valence electrons. The molecule has 2 aromatic carbocycles. The molecular weight excluding hydrogens is 606 g/mol. The van der Waals surface area contributed by atoms with E-state index in [0.717, 1.165) is 23.4 Å². The maximum absolute atomic E-state index is 15.3. The first-order valence-corrected chi connectivity index (χ1v) is 16.1. The second-order valence-electron chi connectivity index (χ2n) is 10.5. The van der Waals surface area contributed by atoms with Crippen molar-refractivity contribution in [2.75, 3.05) is 37.3 Å². The van der Waals surface area contributed by atoms with Crippen molar-refractivity contribution in [3.8, 4) is 0 Å². The number of carbonyl (C=O) groups excluding carboxylic acids is 1. The number of alkyl halides is 2. The molecule has 0 saturated carbocycles. The molecule has 0 unspecified atom stereocenters. The Labute approximate surface area is 246 Å². The molecule has 0 spiro atoms. The van der Waals surface area contributed by atoms with Gasteiger partial charge < -0.3 is 15.0 Å². The zero-order valence-corrected chi connectivity index (χ0v) is 24.7. The Morgan fingerprint density at radius 3 is 2.51 bits per heavy atom. The molecule has 2 aliphatic heterocycles. The quantitative estimate of drug-likeness (QED) is 0.233. The number of likely N-dealkylation sites (tertiary alicyclic amines) is 1. The summed E-state index contributed by atoms with van der Waals surface area (Å²) in [4.78, 5) is 14.8. The van der Waals surface area contributed by atoms with Crippen LogP contribution in [0.15, 0.2) is 46.2 Å². The van der Waals surface area contributed by atoms with Crippen molar-refractivity contribution < 1.29 is 35.5 Å². The number of nitrogens with one attached hydrogen (secondary N) is 2. The van der Waals surface area contributed by atoms with E-state index in [1.54, 1.807) is 12.1 Å². The Kier molecular flexibility index (Phi) is 10.5. The molecule has 2 aliphatic rings. The van der Waals surface area contributed by atoms with Crippen LogP contribution in [0.3, 0.4) is 0 Å². The van der Waals surface area contributed by atoms with Gasteiger partial charge in [0, 0.05) is 48.8 Å². The molecule has 0 bridgehead atoms. The van der Waals surface area contributed by atoms with Gasteiger partial charge in [0.15, 0.2) is 0 Å². The van der Waals surface area contributed by atoms with Crippen LogP contribution >= 0.6 is 23.4 Å². The molecule has 0 aliphatic carbocycles. The summed E-state index contributed by atoms with van der Waals surface area (Å²) in [5, 5.41) is 2.82. The van der Waals surface area contributed by atoms with E-state index in [4.69, 9.17) is 16.3 Å². The smallest absolute Gasteiger partial charge is 0.265 e. The topological polar surface area (TPSA) is 87.7 Å². The second kappa shape index (κ2) is 13.5. The number of carbonyl (C=O) groups is 1. The van der Waals surface area contributed by atoms with Gasteiger partial charge in [-0.25, -0.2) is 30.7 Å². The molecule has 2 fully saturated rings. The van der Waals surface area contributed by atoms with E-state index < -0.39 is 50.6 Å². The average molecular weight is 638 g/mol. The molecule has 0 radical (unpaired) electrons. The first-order valence-electron chi connectivity index (χ1n) is 13.2. The van der Waals surface area contributed by atoms with Gasteiger partial charge in [-0.05, 0) is 69.0 Å². The summed E-state index contributed by atoms with van der Waals surface area (Å²) in [6.45, 7) is 2.86. The van der Waals surface area contributed by atoms with Gasteiger partial charge in [0.1, 0.15) is 17.2 Å². The van der Waals surface area contributed by atoms with Gasteiger partial charge in [-0.3, -0.25) is 4.79 Å². The number of halogens is 5. The molecule has 2 N–H and O–H groups in total. The zero-order valence-electron chi connectivity index (χ0n) is 22.3. The van der Waals surface area contributed by atoms with Crippen molar-refractivity contribution in [3.63, 3.8) is 0 Å². The van der Waals surface area contributed by atoms with E-state index in [0.29, 0.717) is 38.2 Å². The summed E-state index contributed by atoms with van der Waals surface area (Å²) in [5.41, 5.74) is -1.44. The largest absolute Gasteiger partial charge is 0.378 e. The number of ether oxygens (including phenoxy) is 1. The van der Waals surface area contributed by atoms with E-state index in [1.807, 2.05) is 9.62 Å². The number of thioether (sulfide) groups is 1. The minimum atomic E-state index is -4.45. The van der Waals surface area contributed by atoms with Crippen LogP contribution in [0.2, 0.25) is 5.02 Å². The highest BCUT2D eigenvalue weighted by Crippen LogP contribution is 2.32. The Balaban J connectivity index is 1.46. The van der Waals surface area contributed by atoms with Crippen molar-refractivity contribution in [3.05, 3.63) is 53.1 Å². The number of sulfonamides is 1. The van der Waals surface area contributed by atoms with Crippen LogP contribution in [-0.4, -0.2) is 69.3 Å². The number of hydrogen-bond acceptors (Lipinski definition) is 7. The Morgan fingerprint density at radius 2 is 1.90 bits per heavy atom. The van der Waals surface area contributed by atoms with E-state index in [1.165, 1.54) is 30.8 Å². The van der Waals surface area contributed by atoms with Crippen molar-refractivity contribution >= 4 is 45.0 Å². The van der Waals surface area contributed by atoms with Crippen LogP contribution in [0.4, 0.5) is 23.2 Å². The van der Waals surface area contributed by atoms with Crippen LogP contribution in [0, 0.1) is 17.6 Å². The fourth-order valence-electron chi connectivity index (χ4n) is 4.66. The van der Waals surface area contributed by atoms with Crippen molar-refractivity contribution in [2.45, 2.75) is 60.5 Å². The van der Waals surface area contributed by atoms with Crippen LogP contribution in [0.1, 0.15) is 32.6 Å². The molecule has 14 heteroatoms. The fraction of sp³-hybridized carbons (Fsp3) is 0.519. The predicted octanol–water partition coefficient (Wildman–Crippen LogP) is 5.54. The Morgan fingerprint density at radius 1 is 1.20 bits per heavy atom. The Bertz CT molecular complexity index is 1300. The lowest BCUT2D eigenvalue weighted by Gasteiger charge is -2.39. The van der Waals surface area contributed by atoms with Crippen LogP contribution < -0.4 is 10.0 Å². The lowest BCUT2D eigenvalue weighted by Crippen LogP contribution is -2.50. The summed E-state index contributed by atoms with van der Waals surface area (Å²) in [6, 6.07) is 7.31. The first-order chi connectivity index (χ1) is 19.4. The highest BCUT2D eigenvalue weighted by molar-refractivity contribution is 7.99. The minimum Gasteiger partial charge on any atom is -0.378 e. The van der Waals surface area contributed by atoms with E-state index in [-0.39, 0.29) is 29.6 Å². The summed E-state index contributed by atoms with van der Waals surface area (Å²) < 4.78 is 87.6. The maximum atomic E-state index is 15.3. The van der Waals surface area contributed by atoms with Gasteiger partial charge in [0.25, 0.3) is 15.9 Å². The zero-order chi connectivity index (χ0) is 29.8. The molecule has 4 rings (SSSR count). The van der Waals surface area contributed by atoms with Crippen LogP contribution in [0.5, 0.6) is 0 Å². The highest BCUT2D eigenvalue weighted by Gasteiger charge is 2.39. The molecule has 41 heavy (non-hydrogen) atoms. The van der Waals surface area contributed by atoms with Gasteiger partial charge in [0.2, 0.25) is 6.43 Å². The van der Waals surface area contributed by atoms with Gasteiger partial charge in [-0.1, -0.05) is 11.6 Å². The normalized spacial score (nSPS) is 21.0. The van der Waals surface area contributed by atoms with Crippen LogP contribution in [0.25, 0.3) is 0 Å². The van der Waals surface area contributed by atoms with E-state index in [2.05, 4.69) is 5.32 Å². The summed E-state index contributed by atoms with van der Waals surface area (Å²) in [7, 11) is -4.45. The summed E-state index contributed by atoms with van der Waals surface area (Å²) >= 11 is 7.73. The monoisotopic (exact) mass is 637 g/mol. The molecule has 2 saturated heterocycles. The highest BCUT2D eigenvalue weighted by atomic mass is 35.5. The van der Waals surface area contributed by atoms with Crippen molar-refractivity contribution in [2.24, 2.45) is 5.92 Å². The van der Waals surface area contributed by atoms with Crippen molar-refractivity contribution in [1.82, 2.24) is 9.62 Å². The fourth-order valence-corrected chi connectivity index (χ4v) is 7.07.